The number of ether oxygens (including phenoxy) is 1. The van der Waals surface area contributed by atoms with Gasteiger partial charge in [0.05, 0.1) is 12.7 Å². The van der Waals surface area contributed by atoms with Crippen LogP contribution in [0.3, 0.4) is 0 Å². The van der Waals surface area contributed by atoms with Gasteiger partial charge in [-0.2, -0.15) is 0 Å². The van der Waals surface area contributed by atoms with Gasteiger partial charge in [0.2, 0.25) is 5.78 Å². The van der Waals surface area contributed by atoms with Crippen LogP contribution in [0.25, 0.3) is 0 Å². The van der Waals surface area contributed by atoms with Crippen LogP contribution >= 0.6 is 15.9 Å². The van der Waals surface area contributed by atoms with Crippen molar-refractivity contribution in [2.45, 2.75) is 6.43 Å². The molecule has 0 fully saturated rings. The molecule has 0 atom stereocenters. The highest BCUT2D eigenvalue weighted by atomic mass is 79.9. The van der Waals surface area contributed by atoms with E-state index in [9.17, 15) is 18.7 Å². The third-order valence-electron chi connectivity index (χ3n) is 1.72. The number of ketones is 1. The molecular weight excluding hydrogens is 274 g/mol. The molecule has 1 aromatic rings. The summed E-state index contributed by atoms with van der Waals surface area (Å²) in [5.41, 5.74) is -0.462. The van der Waals surface area contributed by atoms with Crippen molar-refractivity contribution in [3.05, 3.63) is 22.2 Å². The molecule has 0 heterocycles. The van der Waals surface area contributed by atoms with Crippen LogP contribution in [0.15, 0.2) is 16.6 Å². The molecule has 0 unspecified atom stereocenters. The lowest BCUT2D eigenvalue weighted by Gasteiger charge is -2.08. The summed E-state index contributed by atoms with van der Waals surface area (Å²) in [6, 6.07) is 2.49. The molecule has 0 bridgehead atoms. The van der Waals surface area contributed by atoms with Gasteiger partial charge < -0.3 is 9.84 Å². The number of carbonyl (C=O) groups excluding carboxylic acids is 1. The molecule has 3 nitrogen and oxygen atoms in total. The third kappa shape index (κ3) is 2.44. The lowest BCUT2D eigenvalue weighted by Crippen LogP contribution is -2.10. The fourth-order valence-corrected chi connectivity index (χ4v) is 1.47. The Morgan fingerprint density at radius 2 is 2.13 bits per heavy atom. The number of Topliss-reactive ketones (excluding diaryl/α,β-unsaturated/α-hetero) is 1. The van der Waals surface area contributed by atoms with Gasteiger partial charge in [-0.15, -0.1) is 0 Å². The second-order valence-electron chi connectivity index (χ2n) is 2.67. The Bertz CT molecular complexity index is 393. The van der Waals surface area contributed by atoms with Gasteiger partial charge >= 0.3 is 6.43 Å². The van der Waals surface area contributed by atoms with E-state index in [0.29, 0.717) is 4.47 Å². The first-order valence-corrected chi connectivity index (χ1v) is 4.65. The molecule has 0 aromatic heterocycles. The predicted octanol–water partition coefficient (Wildman–Crippen LogP) is 2.61. The molecule has 1 aromatic carbocycles. The Balaban J connectivity index is 3.29. The maximum atomic E-state index is 12.1. The quantitative estimate of drug-likeness (QED) is 0.866. The number of phenols is 1. The Labute approximate surface area is 92.8 Å². The maximum Gasteiger partial charge on any atom is 0.300 e. The topological polar surface area (TPSA) is 46.5 Å². The van der Waals surface area contributed by atoms with Crippen molar-refractivity contribution in [2.24, 2.45) is 0 Å². The number of rotatable bonds is 3. The molecule has 0 aliphatic carbocycles. The van der Waals surface area contributed by atoms with Gasteiger partial charge in [-0.1, -0.05) is 15.9 Å². The van der Waals surface area contributed by atoms with Crippen molar-refractivity contribution in [1.29, 1.82) is 0 Å². The summed E-state index contributed by atoms with van der Waals surface area (Å²) in [5.74, 6) is -2.05. The van der Waals surface area contributed by atoms with Crippen LogP contribution in [-0.2, 0) is 0 Å². The van der Waals surface area contributed by atoms with Crippen LogP contribution in [0.2, 0.25) is 0 Å². The van der Waals surface area contributed by atoms with Crippen molar-refractivity contribution in [3.63, 3.8) is 0 Å². The first-order valence-electron chi connectivity index (χ1n) is 3.86. The molecule has 1 N–H and O–H groups in total. The predicted molar refractivity (Wildman–Crippen MR) is 52.7 cm³/mol. The SMILES string of the molecule is COc1cc(Br)cc(C(=O)C(F)F)c1O. The summed E-state index contributed by atoms with van der Waals surface area (Å²) >= 11 is 3.02. The lowest BCUT2D eigenvalue weighted by molar-refractivity contribution is 0.0675. The number of hydrogen-bond acceptors (Lipinski definition) is 3. The molecule has 6 heteroatoms. The zero-order valence-corrected chi connectivity index (χ0v) is 9.22. The average molecular weight is 281 g/mol. The summed E-state index contributed by atoms with van der Waals surface area (Å²) < 4.78 is 29.4. The van der Waals surface area contributed by atoms with Crippen molar-refractivity contribution >= 4 is 21.7 Å². The van der Waals surface area contributed by atoms with E-state index in [2.05, 4.69) is 15.9 Å². The molecule has 0 saturated heterocycles. The highest BCUT2D eigenvalue weighted by Crippen LogP contribution is 2.34. The fourth-order valence-electron chi connectivity index (χ4n) is 1.04. The number of phenolic OH excluding ortho intramolecular Hbond substituents is 1. The molecule has 0 radical (unpaired) electrons. The highest BCUT2D eigenvalue weighted by molar-refractivity contribution is 9.10. The van der Waals surface area contributed by atoms with Crippen molar-refractivity contribution in [3.8, 4) is 11.5 Å². The van der Waals surface area contributed by atoms with Crippen molar-refractivity contribution < 1.29 is 23.4 Å². The van der Waals surface area contributed by atoms with Gasteiger partial charge in [0, 0.05) is 4.47 Å². The molecule has 0 amide bonds. The van der Waals surface area contributed by atoms with E-state index < -0.39 is 23.5 Å². The molecule has 0 saturated carbocycles. The van der Waals surface area contributed by atoms with Crippen LogP contribution in [0.5, 0.6) is 11.5 Å². The second-order valence-corrected chi connectivity index (χ2v) is 3.58. The Hall–Kier alpha value is -1.17. The lowest BCUT2D eigenvalue weighted by atomic mass is 10.1. The van der Waals surface area contributed by atoms with E-state index in [0.717, 1.165) is 6.07 Å². The number of hydrogen-bond donors (Lipinski definition) is 1. The van der Waals surface area contributed by atoms with E-state index in [1.54, 1.807) is 0 Å². The van der Waals surface area contributed by atoms with Crippen LogP contribution < -0.4 is 4.74 Å². The van der Waals surface area contributed by atoms with Gasteiger partial charge in [0.1, 0.15) is 0 Å². The van der Waals surface area contributed by atoms with Gasteiger partial charge in [0.25, 0.3) is 0 Å². The zero-order valence-electron chi connectivity index (χ0n) is 7.63. The molecule has 0 aliphatic rings. The van der Waals surface area contributed by atoms with E-state index in [1.807, 2.05) is 0 Å². The van der Waals surface area contributed by atoms with E-state index >= 15 is 0 Å². The largest absolute Gasteiger partial charge is 0.504 e. The van der Waals surface area contributed by atoms with Gasteiger partial charge in [0.15, 0.2) is 11.5 Å². The summed E-state index contributed by atoms with van der Waals surface area (Å²) in [7, 11) is 1.26. The van der Waals surface area contributed by atoms with Gasteiger partial charge in [-0.3, -0.25) is 4.79 Å². The number of alkyl halides is 2. The van der Waals surface area contributed by atoms with Crippen LogP contribution in [0.4, 0.5) is 8.78 Å². The Morgan fingerprint density at radius 3 is 2.60 bits per heavy atom. The minimum absolute atomic E-state index is 0.0339. The average Bonchev–Trinajstić information content (AvgIpc) is 2.19. The van der Waals surface area contributed by atoms with Gasteiger partial charge in [-0.25, -0.2) is 8.78 Å². The maximum absolute atomic E-state index is 12.1. The summed E-state index contributed by atoms with van der Waals surface area (Å²) in [5, 5.41) is 9.43. The number of carbonyl (C=O) groups is 1. The summed E-state index contributed by atoms with van der Waals surface area (Å²) in [4.78, 5) is 11.0. The Morgan fingerprint density at radius 1 is 1.53 bits per heavy atom. The molecular formula is C9H7BrF2O3. The fraction of sp³-hybridized carbons (Fsp3) is 0.222. The van der Waals surface area contributed by atoms with Crippen LogP contribution in [-0.4, -0.2) is 24.4 Å². The molecule has 0 spiro atoms. The molecule has 15 heavy (non-hydrogen) atoms. The molecule has 0 aliphatic heterocycles. The van der Waals surface area contributed by atoms with Crippen LogP contribution in [0, 0.1) is 0 Å². The number of halogens is 3. The summed E-state index contributed by atoms with van der Waals surface area (Å²) in [6.07, 6.45) is -3.16. The van der Waals surface area contributed by atoms with Crippen molar-refractivity contribution in [1.82, 2.24) is 0 Å². The number of aromatic hydroxyl groups is 1. The van der Waals surface area contributed by atoms with E-state index in [-0.39, 0.29) is 5.75 Å². The Kier molecular flexibility index (Phi) is 3.62. The van der Waals surface area contributed by atoms with E-state index in [1.165, 1.54) is 13.2 Å². The summed E-state index contributed by atoms with van der Waals surface area (Å²) in [6.45, 7) is 0. The van der Waals surface area contributed by atoms with Crippen LogP contribution in [0.1, 0.15) is 10.4 Å². The minimum atomic E-state index is -3.16. The highest BCUT2D eigenvalue weighted by Gasteiger charge is 2.23. The molecule has 82 valence electrons. The third-order valence-corrected chi connectivity index (χ3v) is 2.18. The molecule has 1 rings (SSSR count). The van der Waals surface area contributed by atoms with Gasteiger partial charge in [-0.05, 0) is 12.1 Å². The van der Waals surface area contributed by atoms with Crippen molar-refractivity contribution in [2.75, 3.05) is 7.11 Å². The monoisotopic (exact) mass is 280 g/mol. The number of benzene rings is 1. The zero-order chi connectivity index (χ0) is 11.6. The second kappa shape index (κ2) is 4.57. The standard InChI is InChI=1S/C9H7BrF2O3/c1-15-6-3-4(10)2-5(7(6)13)8(14)9(11)12/h2-3,9,13H,1H3. The number of methoxy groups -OCH3 is 1. The smallest absolute Gasteiger partial charge is 0.300 e. The first-order chi connectivity index (χ1) is 6.97. The van der Waals surface area contributed by atoms with E-state index in [4.69, 9.17) is 4.74 Å². The minimum Gasteiger partial charge on any atom is -0.504 e. The normalized spacial score (nSPS) is 10.5. The first kappa shape index (κ1) is 11.9.